The van der Waals surface area contributed by atoms with Crippen LogP contribution in [0.3, 0.4) is 0 Å². The third-order valence-corrected chi connectivity index (χ3v) is 5.75. The maximum Gasteiger partial charge on any atom is 0.338 e. The number of aliphatic imine (C=N–C) groups is 1. The Hall–Kier alpha value is -2.92. The monoisotopic (exact) mass is 411 g/mol. The molecule has 7 nitrogen and oxygen atoms in total. The van der Waals surface area contributed by atoms with Gasteiger partial charge in [-0.05, 0) is 42.8 Å². The summed E-state index contributed by atoms with van der Waals surface area (Å²) >= 11 is 1.24. The van der Waals surface area contributed by atoms with E-state index in [0.29, 0.717) is 33.6 Å². The highest BCUT2D eigenvalue weighted by Crippen LogP contribution is 2.46. The van der Waals surface area contributed by atoms with Gasteiger partial charge in [0.15, 0.2) is 5.17 Å². The normalized spacial score (nSPS) is 18.4. The number of anilines is 1. The number of rotatable bonds is 6. The van der Waals surface area contributed by atoms with E-state index in [-0.39, 0.29) is 6.61 Å². The van der Waals surface area contributed by atoms with Gasteiger partial charge < -0.3 is 15.4 Å². The van der Waals surface area contributed by atoms with Gasteiger partial charge in [0.1, 0.15) is 16.8 Å². The average Bonchev–Trinajstić information content (AvgIpc) is 3.03. The van der Waals surface area contributed by atoms with Crippen LogP contribution < -0.4 is 10.6 Å². The zero-order valence-corrected chi connectivity index (χ0v) is 17.9. The number of ether oxygens (including phenoxy) is 1. The van der Waals surface area contributed by atoms with Crippen LogP contribution in [0.25, 0.3) is 0 Å². The lowest BCUT2D eigenvalue weighted by molar-refractivity contribution is -0.139. The van der Waals surface area contributed by atoms with Crippen LogP contribution in [0.1, 0.15) is 38.3 Å². The number of hydrogen-bond donors (Lipinski definition) is 1. The molecule has 152 valence electrons. The molecule has 2 heterocycles. The number of nitriles is 1. The van der Waals surface area contributed by atoms with E-state index >= 15 is 0 Å². The van der Waals surface area contributed by atoms with Crippen LogP contribution in [0.4, 0.5) is 5.69 Å². The standard InChI is InChI=1S/C21H25N5O2S/c1-5-7-15-17(20(27)28-6-2)18(13-8-10-14(11-9-13)25(3)4)26-19(23)16(12-22)29-21(26)24-15/h8-11,18H,5-7,23H2,1-4H3/t18-/m0/s1. The zero-order chi connectivity index (χ0) is 21.1. The Morgan fingerprint density at radius 1 is 1.34 bits per heavy atom. The number of allylic oxidation sites excluding steroid dienone is 2. The fourth-order valence-electron chi connectivity index (χ4n) is 3.41. The van der Waals surface area contributed by atoms with Crippen molar-refractivity contribution in [3.8, 4) is 6.07 Å². The molecule has 0 amide bonds. The molecule has 0 saturated heterocycles. The molecule has 1 aromatic carbocycles. The fraction of sp³-hybridized carbons (Fsp3) is 0.381. The molecule has 0 bridgehead atoms. The Labute approximate surface area is 175 Å². The van der Waals surface area contributed by atoms with Gasteiger partial charge in [0.2, 0.25) is 0 Å². The number of esters is 1. The minimum atomic E-state index is -0.488. The highest BCUT2D eigenvalue weighted by molar-refractivity contribution is 8.17. The smallest absolute Gasteiger partial charge is 0.338 e. The molecule has 0 radical (unpaired) electrons. The largest absolute Gasteiger partial charge is 0.463 e. The van der Waals surface area contributed by atoms with E-state index in [2.05, 4.69) is 6.07 Å². The molecular weight excluding hydrogens is 386 g/mol. The molecule has 0 aromatic heterocycles. The fourth-order valence-corrected chi connectivity index (χ4v) is 4.30. The van der Waals surface area contributed by atoms with Gasteiger partial charge in [0, 0.05) is 19.8 Å². The summed E-state index contributed by atoms with van der Waals surface area (Å²) in [6.45, 7) is 4.09. The number of nitrogens with two attached hydrogens (primary N) is 1. The van der Waals surface area contributed by atoms with E-state index in [0.717, 1.165) is 17.7 Å². The Kier molecular flexibility index (Phi) is 6.18. The summed E-state index contributed by atoms with van der Waals surface area (Å²) in [6, 6.07) is 9.60. The Morgan fingerprint density at radius 2 is 2.03 bits per heavy atom. The van der Waals surface area contributed by atoms with E-state index in [1.165, 1.54) is 11.8 Å². The summed E-state index contributed by atoms with van der Waals surface area (Å²) in [5, 5.41) is 10.1. The van der Waals surface area contributed by atoms with Crippen LogP contribution in [0, 0.1) is 11.3 Å². The van der Waals surface area contributed by atoms with Crippen LogP contribution >= 0.6 is 11.8 Å². The van der Waals surface area contributed by atoms with Crippen molar-refractivity contribution in [2.24, 2.45) is 10.7 Å². The minimum absolute atomic E-state index is 0.272. The number of nitrogens with zero attached hydrogens (tertiary/aromatic N) is 4. The molecule has 8 heteroatoms. The first-order chi connectivity index (χ1) is 13.9. The summed E-state index contributed by atoms with van der Waals surface area (Å²) in [4.78, 5) is 21.8. The van der Waals surface area contributed by atoms with Gasteiger partial charge in [-0.1, -0.05) is 25.5 Å². The summed E-state index contributed by atoms with van der Waals surface area (Å²) in [5.41, 5.74) is 9.42. The van der Waals surface area contributed by atoms with Crippen LogP contribution in [-0.2, 0) is 9.53 Å². The van der Waals surface area contributed by atoms with Crippen LogP contribution in [0.2, 0.25) is 0 Å². The van der Waals surface area contributed by atoms with Crippen LogP contribution in [0.15, 0.2) is 51.3 Å². The highest BCUT2D eigenvalue weighted by Gasteiger charge is 2.43. The first-order valence-corrected chi connectivity index (χ1v) is 10.4. The molecule has 3 rings (SSSR count). The number of benzene rings is 1. The first-order valence-electron chi connectivity index (χ1n) is 9.55. The number of carbonyl (C=O) groups excluding carboxylic acids is 1. The molecule has 1 aromatic rings. The lowest BCUT2D eigenvalue weighted by atomic mass is 9.92. The Morgan fingerprint density at radius 3 is 2.59 bits per heavy atom. The highest BCUT2D eigenvalue weighted by atomic mass is 32.2. The number of hydrogen-bond acceptors (Lipinski definition) is 8. The van der Waals surface area contributed by atoms with E-state index in [9.17, 15) is 10.1 Å². The van der Waals surface area contributed by atoms with Gasteiger partial charge >= 0.3 is 5.97 Å². The maximum absolute atomic E-state index is 13.0. The predicted octanol–water partition coefficient (Wildman–Crippen LogP) is 3.48. The Bertz CT molecular complexity index is 941. The maximum atomic E-state index is 13.0. The number of carbonyl (C=O) groups is 1. The van der Waals surface area contributed by atoms with Gasteiger partial charge in [0.25, 0.3) is 0 Å². The van der Waals surface area contributed by atoms with Crippen molar-refractivity contribution in [1.29, 1.82) is 5.26 Å². The predicted molar refractivity (Wildman–Crippen MR) is 116 cm³/mol. The first kappa shape index (κ1) is 20.8. The van der Waals surface area contributed by atoms with E-state index in [1.54, 1.807) is 11.8 Å². The molecule has 0 fully saturated rings. The molecular formula is C21H25N5O2S. The van der Waals surface area contributed by atoms with Gasteiger partial charge in [-0.25, -0.2) is 9.79 Å². The van der Waals surface area contributed by atoms with Gasteiger partial charge in [-0.3, -0.25) is 4.90 Å². The van der Waals surface area contributed by atoms with Crippen molar-refractivity contribution in [1.82, 2.24) is 4.90 Å². The molecule has 0 aliphatic carbocycles. The van der Waals surface area contributed by atoms with Crippen molar-refractivity contribution in [3.63, 3.8) is 0 Å². The molecule has 2 aliphatic heterocycles. The van der Waals surface area contributed by atoms with Gasteiger partial charge in [0.05, 0.1) is 23.9 Å². The molecule has 29 heavy (non-hydrogen) atoms. The average molecular weight is 412 g/mol. The van der Waals surface area contributed by atoms with E-state index in [4.69, 9.17) is 15.5 Å². The summed E-state index contributed by atoms with van der Waals surface area (Å²) in [6.07, 6.45) is 1.47. The van der Waals surface area contributed by atoms with Crippen molar-refractivity contribution in [3.05, 3.63) is 51.8 Å². The Balaban J connectivity index is 2.19. The molecule has 2 N–H and O–H groups in total. The number of fused-ring (bicyclic) bond motifs is 1. The van der Waals surface area contributed by atoms with Crippen molar-refractivity contribution < 1.29 is 9.53 Å². The van der Waals surface area contributed by atoms with Crippen molar-refractivity contribution in [2.45, 2.75) is 32.7 Å². The quantitative estimate of drug-likeness (QED) is 0.716. The topological polar surface area (TPSA) is 95.0 Å². The van der Waals surface area contributed by atoms with Gasteiger partial charge in [-0.2, -0.15) is 5.26 Å². The SMILES string of the molecule is CCCC1=C(C(=O)OCC)[C@H](c2ccc(N(C)C)cc2)N2C(=N1)SC(C#N)=C2N. The molecule has 1 atom stereocenters. The number of thioether (sulfide) groups is 1. The van der Waals surface area contributed by atoms with Gasteiger partial charge in [-0.15, -0.1) is 0 Å². The lowest BCUT2D eigenvalue weighted by Crippen LogP contribution is -2.39. The van der Waals surface area contributed by atoms with Crippen molar-refractivity contribution >= 4 is 28.6 Å². The third-order valence-electron chi connectivity index (χ3n) is 4.77. The summed E-state index contributed by atoms with van der Waals surface area (Å²) in [7, 11) is 3.95. The van der Waals surface area contributed by atoms with Crippen LogP contribution in [-0.4, -0.2) is 36.7 Å². The second-order valence-electron chi connectivity index (χ2n) is 6.91. The van der Waals surface area contributed by atoms with Crippen molar-refractivity contribution in [2.75, 3.05) is 25.6 Å². The summed E-state index contributed by atoms with van der Waals surface area (Å²) < 4.78 is 5.38. The van der Waals surface area contributed by atoms with E-state index in [1.807, 2.05) is 50.2 Å². The summed E-state index contributed by atoms with van der Waals surface area (Å²) in [5.74, 6) is -0.0843. The zero-order valence-electron chi connectivity index (χ0n) is 17.1. The lowest BCUT2D eigenvalue weighted by Gasteiger charge is -2.35. The molecule has 0 saturated carbocycles. The molecule has 0 unspecified atom stereocenters. The molecule has 0 spiro atoms. The molecule has 2 aliphatic rings. The number of amidine groups is 1. The second kappa shape index (κ2) is 8.62. The van der Waals surface area contributed by atoms with E-state index < -0.39 is 12.0 Å². The van der Waals surface area contributed by atoms with Crippen LogP contribution in [0.5, 0.6) is 0 Å². The minimum Gasteiger partial charge on any atom is -0.463 e. The second-order valence-corrected chi connectivity index (χ2v) is 7.89. The third kappa shape index (κ3) is 3.83.